The van der Waals surface area contributed by atoms with Crippen molar-refractivity contribution in [3.05, 3.63) is 28.5 Å². The zero-order valence-corrected chi connectivity index (χ0v) is 11.4. The molecule has 0 spiro atoms. The average Bonchev–Trinajstić information content (AvgIpc) is 2.31. The second kappa shape index (κ2) is 6.33. The molecule has 0 radical (unpaired) electrons. The zero-order chi connectivity index (χ0) is 12.0. The van der Waals surface area contributed by atoms with E-state index in [0.29, 0.717) is 13.1 Å². The molecule has 0 aromatic carbocycles. The predicted octanol–water partition coefficient (Wildman–Crippen LogP) is 2.48. The van der Waals surface area contributed by atoms with Crippen LogP contribution >= 0.6 is 15.9 Å². The van der Waals surface area contributed by atoms with Crippen molar-refractivity contribution >= 4 is 15.9 Å². The minimum absolute atomic E-state index is 0.588. The van der Waals surface area contributed by atoms with E-state index in [-0.39, 0.29) is 0 Å². The van der Waals surface area contributed by atoms with Gasteiger partial charge < -0.3 is 10.4 Å². The molecule has 0 aliphatic carbocycles. The highest BCUT2D eigenvalue weighted by molar-refractivity contribution is 9.10. The number of rotatable bonds is 6. The molecule has 0 bridgehead atoms. The van der Waals surface area contributed by atoms with E-state index in [9.17, 15) is 5.11 Å². The van der Waals surface area contributed by atoms with Gasteiger partial charge in [-0.3, -0.25) is 4.98 Å². The summed E-state index contributed by atoms with van der Waals surface area (Å²) >= 11 is 3.34. The summed E-state index contributed by atoms with van der Waals surface area (Å²) in [5.74, 6) is 0. The summed E-state index contributed by atoms with van der Waals surface area (Å²) in [6, 6.07) is 3.93. The first-order valence-electron chi connectivity index (χ1n) is 5.63. The van der Waals surface area contributed by atoms with E-state index < -0.39 is 5.60 Å². The molecule has 4 heteroatoms. The highest BCUT2D eigenvalue weighted by Crippen LogP contribution is 2.13. The van der Waals surface area contributed by atoms with Gasteiger partial charge in [-0.25, -0.2) is 0 Å². The van der Waals surface area contributed by atoms with Crippen molar-refractivity contribution in [1.82, 2.24) is 10.3 Å². The summed E-state index contributed by atoms with van der Waals surface area (Å²) in [4.78, 5) is 4.26. The van der Waals surface area contributed by atoms with Crippen molar-refractivity contribution in [2.45, 2.75) is 38.8 Å². The Balaban J connectivity index is 2.38. The van der Waals surface area contributed by atoms with Crippen LogP contribution in [0.2, 0.25) is 0 Å². The van der Waals surface area contributed by atoms with Gasteiger partial charge in [0.15, 0.2) is 0 Å². The molecular formula is C12H19BrN2O. The number of hydrogen-bond donors (Lipinski definition) is 2. The Morgan fingerprint density at radius 3 is 2.56 bits per heavy atom. The molecule has 1 aromatic heterocycles. The van der Waals surface area contributed by atoms with Gasteiger partial charge in [0.05, 0.1) is 11.3 Å². The van der Waals surface area contributed by atoms with Crippen LogP contribution in [0, 0.1) is 0 Å². The molecule has 3 nitrogen and oxygen atoms in total. The second-order valence-electron chi connectivity index (χ2n) is 4.00. The molecule has 90 valence electrons. The third kappa shape index (κ3) is 4.20. The van der Waals surface area contributed by atoms with E-state index >= 15 is 0 Å². The number of aliphatic hydroxyl groups is 1. The van der Waals surface area contributed by atoms with E-state index in [1.165, 1.54) is 0 Å². The van der Waals surface area contributed by atoms with Crippen molar-refractivity contribution < 1.29 is 5.11 Å². The molecule has 0 unspecified atom stereocenters. The highest BCUT2D eigenvalue weighted by atomic mass is 79.9. The van der Waals surface area contributed by atoms with Gasteiger partial charge in [-0.15, -0.1) is 0 Å². The van der Waals surface area contributed by atoms with Crippen LogP contribution in [0.1, 0.15) is 32.4 Å². The van der Waals surface area contributed by atoms with Gasteiger partial charge in [0.1, 0.15) is 0 Å². The molecule has 0 amide bonds. The summed E-state index contributed by atoms with van der Waals surface area (Å²) in [7, 11) is 0. The maximum atomic E-state index is 10.1. The van der Waals surface area contributed by atoms with Crippen LogP contribution in [0.4, 0.5) is 0 Å². The monoisotopic (exact) mass is 286 g/mol. The molecule has 1 rings (SSSR count). The van der Waals surface area contributed by atoms with Gasteiger partial charge in [0.25, 0.3) is 0 Å². The summed E-state index contributed by atoms with van der Waals surface area (Å²) in [5.41, 5.74) is 0.396. The largest absolute Gasteiger partial charge is 0.389 e. The highest BCUT2D eigenvalue weighted by Gasteiger charge is 2.20. The van der Waals surface area contributed by atoms with Crippen molar-refractivity contribution in [3.8, 4) is 0 Å². The normalized spacial score (nSPS) is 11.8. The average molecular weight is 287 g/mol. The lowest BCUT2D eigenvalue weighted by Crippen LogP contribution is -2.39. The van der Waals surface area contributed by atoms with Crippen molar-refractivity contribution in [1.29, 1.82) is 0 Å². The third-order valence-corrected chi connectivity index (χ3v) is 3.33. The molecule has 0 fully saturated rings. The van der Waals surface area contributed by atoms with Crippen molar-refractivity contribution in [2.24, 2.45) is 0 Å². The molecular weight excluding hydrogens is 268 g/mol. The zero-order valence-electron chi connectivity index (χ0n) is 9.83. The molecule has 0 aliphatic heterocycles. The number of hydrogen-bond acceptors (Lipinski definition) is 3. The number of nitrogens with one attached hydrogen (secondary N) is 1. The van der Waals surface area contributed by atoms with Crippen LogP contribution in [0.5, 0.6) is 0 Å². The van der Waals surface area contributed by atoms with E-state index in [4.69, 9.17) is 0 Å². The Morgan fingerprint density at radius 2 is 2.06 bits per heavy atom. The van der Waals surface area contributed by atoms with Crippen LogP contribution in [-0.4, -0.2) is 22.2 Å². The molecule has 1 aromatic rings. The van der Waals surface area contributed by atoms with Crippen LogP contribution in [0.25, 0.3) is 0 Å². The van der Waals surface area contributed by atoms with Gasteiger partial charge in [0.2, 0.25) is 0 Å². The van der Waals surface area contributed by atoms with Gasteiger partial charge in [-0.2, -0.15) is 0 Å². The second-order valence-corrected chi connectivity index (χ2v) is 4.92. The minimum Gasteiger partial charge on any atom is -0.389 e. The quantitative estimate of drug-likeness (QED) is 0.845. The fourth-order valence-electron chi connectivity index (χ4n) is 1.43. The first kappa shape index (κ1) is 13.6. The van der Waals surface area contributed by atoms with Crippen LogP contribution in [0.15, 0.2) is 22.8 Å². The standard InChI is InChI=1S/C12H19BrN2O/c1-3-12(16,4-2)9-14-8-11-6-5-10(13)7-15-11/h5-7,14,16H,3-4,8-9H2,1-2H3. The summed E-state index contributed by atoms with van der Waals surface area (Å²) in [6.45, 7) is 5.31. The first-order chi connectivity index (χ1) is 7.59. The number of nitrogens with zero attached hydrogens (tertiary/aromatic N) is 1. The molecule has 0 atom stereocenters. The molecule has 0 saturated carbocycles. The van der Waals surface area contributed by atoms with Crippen LogP contribution in [-0.2, 0) is 6.54 Å². The summed E-state index contributed by atoms with van der Waals surface area (Å²) in [5, 5.41) is 13.3. The van der Waals surface area contributed by atoms with Crippen molar-refractivity contribution in [2.75, 3.05) is 6.54 Å². The molecule has 0 aliphatic rings. The van der Waals surface area contributed by atoms with Gasteiger partial charge >= 0.3 is 0 Å². The Kier molecular flexibility index (Phi) is 5.38. The predicted molar refractivity (Wildman–Crippen MR) is 69.2 cm³/mol. The number of halogens is 1. The Bertz CT molecular complexity index is 309. The Hall–Kier alpha value is -0.450. The molecule has 1 heterocycles. The summed E-state index contributed by atoms with van der Waals surface area (Å²) < 4.78 is 0.981. The molecule has 16 heavy (non-hydrogen) atoms. The Labute approximate surface area is 105 Å². The van der Waals surface area contributed by atoms with E-state index in [1.54, 1.807) is 6.20 Å². The van der Waals surface area contributed by atoms with E-state index in [0.717, 1.165) is 23.0 Å². The lowest BCUT2D eigenvalue weighted by molar-refractivity contribution is 0.0322. The fraction of sp³-hybridized carbons (Fsp3) is 0.583. The van der Waals surface area contributed by atoms with E-state index in [2.05, 4.69) is 26.2 Å². The number of pyridine rings is 1. The van der Waals surface area contributed by atoms with Gasteiger partial charge in [0, 0.05) is 23.8 Å². The van der Waals surface area contributed by atoms with Crippen molar-refractivity contribution in [3.63, 3.8) is 0 Å². The van der Waals surface area contributed by atoms with Crippen LogP contribution < -0.4 is 5.32 Å². The maximum absolute atomic E-state index is 10.1. The maximum Gasteiger partial charge on any atom is 0.0766 e. The van der Waals surface area contributed by atoms with Gasteiger partial charge in [-0.05, 0) is 40.9 Å². The summed E-state index contributed by atoms with van der Waals surface area (Å²) in [6.07, 6.45) is 3.32. The van der Waals surface area contributed by atoms with Crippen LogP contribution in [0.3, 0.4) is 0 Å². The SMILES string of the molecule is CCC(O)(CC)CNCc1ccc(Br)cn1. The van der Waals surface area contributed by atoms with E-state index in [1.807, 2.05) is 26.0 Å². The lowest BCUT2D eigenvalue weighted by Gasteiger charge is -2.25. The topological polar surface area (TPSA) is 45.1 Å². The third-order valence-electron chi connectivity index (χ3n) is 2.87. The molecule has 0 saturated heterocycles. The Morgan fingerprint density at radius 1 is 1.38 bits per heavy atom. The molecule has 2 N–H and O–H groups in total. The number of aromatic nitrogens is 1. The lowest BCUT2D eigenvalue weighted by atomic mass is 9.98. The fourth-order valence-corrected chi connectivity index (χ4v) is 1.67. The smallest absolute Gasteiger partial charge is 0.0766 e. The minimum atomic E-state index is -0.588. The van der Waals surface area contributed by atoms with Gasteiger partial charge in [-0.1, -0.05) is 13.8 Å². The first-order valence-corrected chi connectivity index (χ1v) is 6.42.